The second-order valence-corrected chi connectivity index (χ2v) is 9.76. The molecule has 1 aliphatic rings. The molecule has 9 nitrogen and oxygen atoms in total. The first-order valence-electron chi connectivity index (χ1n) is 11.5. The van der Waals surface area contributed by atoms with Gasteiger partial charge in [-0.2, -0.15) is 9.78 Å². The molecule has 0 radical (unpaired) electrons. The highest BCUT2D eigenvalue weighted by Gasteiger charge is 2.23. The summed E-state index contributed by atoms with van der Waals surface area (Å²) in [6.45, 7) is -0.166. The Hall–Kier alpha value is -4.29. The molecule has 38 heavy (non-hydrogen) atoms. The molecular formula is C26H21F2N5O4S. The van der Waals surface area contributed by atoms with Gasteiger partial charge < -0.3 is 19.9 Å². The largest absolute Gasteiger partial charge is 0.610 e. The molecule has 2 N–H and O–H groups in total. The third-order valence-electron chi connectivity index (χ3n) is 5.83. The van der Waals surface area contributed by atoms with E-state index in [-0.39, 0.29) is 28.7 Å². The van der Waals surface area contributed by atoms with Gasteiger partial charge in [-0.15, -0.1) is 0 Å². The lowest BCUT2D eigenvalue weighted by molar-refractivity contribution is -0.116. The molecule has 1 aliphatic heterocycles. The van der Waals surface area contributed by atoms with E-state index < -0.39 is 28.7 Å². The molecule has 1 unspecified atom stereocenters. The van der Waals surface area contributed by atoms with Gasteiger partial charge in [0.25, 0.3) is 5.91 Å². The predicted octanol–water partition coefficient (Wildman–Crippen LogP) is 3.89. The van der Waals surface area contributed by atoms with Crippen LogP contribution in [0.15, 0.2) is 65.8 Å². The Labute approximate surface area is 219 Å². The average molecular weight is 538 g/mol. The smallest absolute Gasteiger partial charge is 0.272 e. The van der Waals surface area contributed by atoms with Gasteiger partial charge in [0.2, 0.25) is 10.9 Å². The summed E-state index contributed by atoms with van der Waals surface area (Å²) in [6, 6.07) is 12.6. The summed E-state index contributed by atoms with van der Waals surface area (Å²) in [5, 5.41) is 9.79. The van der Waals surface area contributed by atoms with Gasteiger partial charge in [0, 0.05) is 47.5 Å². The minimum absolute atomic E-state index is 0.0298. The molecule has 1 atom stereocenters. The van der Waals surface area contributed by atoms with E-state index in [1.165, 1.54) is 65.7 Å². The highest BCUT2D eigenvalue weighted by atomic mass is 32.2. The number of rotatable bonds is 7. The maximum atomic E-state index is 14.6. The molecule has 0 spiro atoms. The minimum atomic E-state index is -1.49. The molecule has 5 rings (SSSR count). The number of fused-ring (bicyclic) bond motifs is 1. The summed E-state index contributed by atoms with van der Waals surface area (Å²) in [5.41, 5.74) is 1.32. The van der Waals surface area contributed by atoms with Crippen LogP contribution in [-0.2, 0) is 28.9 Å². The first-order valence-corrected chi connectivity index (χ1v) is 13.1. The molecule has 4 aromatic rings. The highest BCUT2D eigenvalue weighted by Crippen LogP contribution is 2.33. The summed E-state index contributed by atoms with van der Waals surface area (Å²) in [5.74, 6) is -0.464. The van der Waals surface area contributed by atoms with Crippen molar-refractivity contribution in [2.75, 3.05) is 11.6 Å². The van der Waals surface area contributed by atoms with Crippen molar-refractivity contribution in [1.82, 2.24) is 20.1 Å². The van der Waals surface area contributed by atoms with Crippen LogP contribution in [0, 0.1) is 11.6 Å². The van der Waals surface area contributed by atoms with Crippen molar-refractivity contribution in [3.05, 3.63) is 89.2 Å². The van der Waals surface area contributed by atoms with E-state index in [0.717, 1.165) is 5.56 Å². The van der Waals surface area contributed by atoms with Gasteiger partial charge in [-0.1, -0.05) is 0 Å². The Morgan fingerprint density at radius 3 is 2.71 bits per heavy atom. The number of hydrogen-bond acceptors (Lipinski definition) is 6. The van der Waals surface area contributed by atoms with E-state index in [1.807, 2.05) is 0 Å². The lowest BCUT2D eigenvalue weighted by Gasteiger charge is -2.19. The number of nitrogens with one attached hydrogen (secondary N) is 2. The summed E-state index contributed by atoms with van der Waals surface area (Å²) in [7, 11) is 0. The van der Waals surface area contributed by atoms with Crippen LogP contribution >= 0.6 is 0 Å². The third kappa shape index (κ3) is 5.36. The molecule has 0 saturated carbocycles. The lowest BCUT2D eigenvalue weighted by atomic mass is 10.1. The molecule has 3 heterocycles. The first kappa shape index (κ1) is 25.4. The van der Waals surface area contributed by atoms with E-state index in [2.05, 4.69) is 20.7 Å². The van der Waals surface area contributed by atoms with Crippen molar-refractivity contribution in [3.8, 4) is 17.2 Å². The zero-order chi connectivity index (χ0) is 26.8. The van der Waals surface area contributed by atoms with Gasteiger partial charge in [0.05, 0.1) is 5.69 Å². The molecule has 2 amide bonds. The van der Waals surface area contributed by atoms with Crippen molar-refractivity contribution in [2.24, 2.45) is 0 Å². The number of nitrogens with zero attached hydrogens (tertiary/aromatic N) is 3. The maximum Gasteiger partial charge on any atom is 0.272 e. The van der Waals surface area contributed by atoms with Crippen LogP contribution in [0.2, 0.25) is 0 Å². The van der Waals surface area contributed by atoms with Crippen molar-refractivity contribution < 1.29 is 27.7 Å². The number of carbonyl (C=O) groups is 2. The second-order valence-electron chi connectivity index (χ2n) is 8.43. The molecule has 0 saturated heterocycles. The Morgan fingerprint density at radius 2 is 1.95 bits per heavy atom. The number of halogens is 2. The normalized spacial score (nSPS) is 13.4. The van der Waals surface area contributed by atoms with Crippen LogP contribution in [0.25, 0.3) is 5.69 Å². The fraction of sp³-hybridized carbons (Fsp3) is 0.154. The number of amides is 2. The summed E-state index contributed by atoms with van der Waals surface area (Å²) >= 11 is -1.49. The van der Waals surface area contributed by atoms with E-state index >= 15 is 0 Å². The number of carbonyl (C=O) groups excluding carboxylic acids is 2. The lowest BCUT2D eigenvalue weighted by Crippen LogP contribution is -2.24. The molecule has 12 heteroatoms. The highest BCUT2D eigenvalue weighted by molar-refractivity contribution is 7.90. The molecule has 0 fully saturated rings. The number of anilines is 1. The van der Waals surface area contributed by atoms with Crippen LogP contribution in [0.1, 0.15) is 28.0 Å². The Balaban J connectivity index is 1.32. The summed E-state index contributed by atoms with van der Waals surface area (Å²) in [4.78, 5) is 28.6. The molecule has 2 aromatic carbocycles. The minimum Gasteiger partial charge on any atom is -0.610 e. The Morgan fingerprint density at radius 1 is 1.16 bits per heavy atom. The monoisotopic (exact) mass is 537 g/mol. The number of pyridine rings is 1. The van der Waals surface area contributed by atoms with Crippen LogP contribution in [0.4, 0.5) is 14.6 Å². The van der Waals surface area contributed by atoms with Crippen LogP contribution in [0.3, 0.4) is 0 Å². The van der Waals surface area contributed by atoms with Gasteiger partial charge in [0.1, 0.15) is 35.2 Å². The number of benzene rings is 2. The van der Waals surface area contributed by atoms with Gasteiger partial charge in [0.15, 0.2) is 5.69 Å². The standard InChI is InChI=1S/C26H21F2N5O4S/c1-38(36)24-13-21(32-33(24)17-4-2-16(27)3-5-17)26(35)30-14-15-12-18(6-8-20(15)28)37-22-10-11-29-25-19(22)7-9-23(34)31-25/h2-6,8,10-13H,7,9,14H2,1H3,(H,30,35)(H,29,31,34). The molecule has 0 aliphatic carbocycles. The van der Waals surface area contributed by atoms with Crippen LogP contribution in [-0.4, -0.2) is 37.4 Å². The number of aromatic nitrogens is 3. The zero-order valence-electron chi connectivity index (χ0n) is 20.0. The van der Waals surface area contributed by atoms with Gasteiger partial charge in [-0.3, -0.25) is 9.59 Å². The van der Waals surface area contributed by atoms with Gasteiger partial charge in [-0.25, -0.2) is 13.8 Å². The molecule has 194 valence electrons. The summed E-state index contributed by atoms with van der Waals surface area (Å²) < 4.78 is 47.3. The zero-order valence-corrected chi connectivity index (χ0v) is 20.9. The SMILES string of the molecule is C[S+]([O-])c1cc(C(=O)NCc2cc(Oc3ccnc4c3CCC(=O)N4)ccc2F)nn1-c1ccc(F)cc1. The molecule has 2 aromatic heterocycles. The fourth-order valence-corrected chi connectivity index (χ4v) is 4.61. The van der Waals surface area contributed by atoms with Crippen molar-refractivity contribution >= 4 is 28.8 Å². The van der Waals surface area contributed by atoms with Crippen LogP contribution < -0.4 is 15.4 Å². The first-order chi connectivity index (χ1) is 18.3. The molecule has 0 bridgehead atoms. The Kier molecular flexibility index (Phi) is 7.07. The summed E-state index contributed by atoms with van der Waals surface area (Å²) in [6.07, 6.45) is 3.71. The maximum absolute atomic E-state index is 14.6. The van der Waals surface area contributed by atoms with Crippen molar-refractivity contribution in [3.63, 3.8) is 0 Å². The van der Waals surface area contributed by atoms with Crippen LogP contribution in [0.5, 0.6) is 11.5 Å². The van der Waals surface area contributed by atoms with E-state index in [0.29, 0.717) is 35.8 Å². The third-order valence-corrected chi connectivity index (χ3v) is 6.71. The quantitative estimate of drug-likeness (QED) is 0.345. The number of ether oxygens (including phenoxy) is 1. The predicted molar refractivity (Wildman–Crippen MR) is 135 cm³/mol. The van der Waals surface area contributed by atoms with Gasteiger partial charge >= 0.3 is 0 Å². The fourth-order valence-electron chi connectivity index (χ4n) is 3.94. The topological polar surface area (TPSA) is 121 Å². The van der Waals surface area contributed by atoms with Crippen molar-refractivity contribution in [2.45, 2.75) is 24.4 Å². The van der Waals surface area contributed by atoms with E-state index in [9.17, 15) is 22.9 Å². The molecular weight excluding hydrogens is 516 g/mol. The van der Waals surface area contributed by atoms with Gasteiger partial charge in [-0.05, 0) is 55.0 Å². The van der Waals surface area contributed by atoms with Crippen molar-refractivity contribution in [1.29, 1.82) is 0 Å². The van der Waals surface area contributed by atoms with E-state index in [4.69, 9.17) is 4.74 Å². The number of hydrogen-bond donors (Lipinski definition) is 2. The van der Waals surface area contributed by atoms with E-state index in [1.54, 1.807) is 6.07 Å². The average Bonchev–Trinajstić information content (AvgIpc) is 3.35. The Bertz CT molecular complexity index is 1520. The second kappa shape index (κ2) is 10.6.